The first-order valence-electron chi connectivity index (χ1n) is 7.43. The largest absolute Gasteiger partial charge is 0.497 e. The van der Waals surface area contributed by atoms with E-state index in [2.05, 4.69) is 10.5 Å². The molecule has 0 bridgehead atoms. The maximum absolute atomic E-state index is 12.0. The zero-order chi connectivity index (χ0) is 16.5. The van der Waals surface area contributed by atoms with Crippen LogP contribution in [0, 0.1) is 0 Å². The van der Waals surface area contributed by atoms with Crippen LogP contribution in [0.4, 0.5) is 0 Å². The highest BCUT2D eigenvalue weighted by molar-refractivity contribution is 5.95. The number of carbonyl (C=O) groups is 1. The maximum atomic E-state index is 12.0. The van der Waals surface area contributed by atoms with Crippen LogP contribution in [0.15, 0.2) is 53.6 Å². The third-order valence-electron chi connectivity index (χ3n) is 3.06. The molecule has 1 N–H and O–H groups in total. The first-order chi connectivity index (χ1) is 11.2. The lowest BCUT2D eigenvalue weighted by atomic mass is 10.2. The van der Waals surface area contributed by atoms with Gasteiger partial charge in [0, 0.05) is 5.56 Å². The Kier molecular flexibility index (Phi) is 6.17. The Morgan fingerprint density at radius 3 is 2.65 bits per heavy atom. The van der Waals surface area contributed by atoms with E-state index in [4.69, 9.17) is 9.47 Å². The van der Waals surface area contributed by atoms with Gasteiger partial charge in [0.2, 0.25) is 0 Å². The Labute approximate surface area is 135 Å². The van der Waals surface area contributed by atoms with E-state index in [1.807, 2.05) is 31.2 Å². The molecule has 0 radical (unpaired) electrons. The van der Waals surface area contributed by atoms with Crippen molar-refractivity contribution in [3.8, 4) is 11.5 Å². The summed E-state index contributed by atoms with van der Waals surface area (Å²) in [6, 6.07) is 14.4. The van der Waals surface area contributed by atoms with Gasteiger partial charge in [-0.3, -0.25) is 4.79 Å². The number of benzene rings is 2. The molecular weight excluding hydrogens is 292 g/mol. The zero-order valence-corrected chi connectivity index (χ0v) is 13.3. The van der Waals surface area contributed by atoms with Crippen LogP contribution in [-0.4, -0.2) is 25.8 Å². The molecule has 0 aromatic heterocycles. The predicted molar refractivity (Wildman–Crippen MR) is 90.3 cm³/mol. The van der Waals surface area contributed by atoms with Gasteiger partial charge in [0.25, 0.3) is 5.91 Å². The molecule has 0 saturated heterocycles. The topological polar surface area (TPSA) is 59.9 Å². The van der Waals surface area contributed by atoms with Crippen LogP contribution in [0.3, 0.4) is 0 Å². The monoisotopic (exact) mass is 312 g/mol. The second-order valence-electron chi connectivity index (χ2n) is 4.85. The van der Waals surface area contributed by atoms with Crippen molar-refractivity contribution in [2.45, 2.75) is 13.3 Å². The lowest BCUT2D eigenvalue weighted by molar-refractivity contribution is 0.0955. The van der Waals surface area contributed by atoms with Crippen LogP contribution in [0.1, 0.15) is 29.3 Å². The van der Waals surface area contributed by atoms with Crippen molar-refractivity contribution in [3.63, 3.8) is 0 Å². The minimum Gasteiger partial charge on any atom is -0.497 e. The van der Waals surface area contributed by atoms with Crippen molar-refractivity contribution in [2.24, 2.45) is 5.10 Å². The fraction of sp³-hybridized carbons (Fsp3) is 0.222. The van der Waals surface area contributed by atoms with Gasteiger partial charge >= 0.3 is 0 Å². The highest BCUT2D eigenvalue weighted by Gasteiger charge is 2.04. The SMILES string of the molecule is CCCOc1ccc(C(=O)N/N=C/c2cccc(OC)c2)cc1. The highest BCUT2D eigenvalue weighted by atomic mass is 16.5. The van der Waals surface area contributed by atoms with Gasteiger partial charge in [-0.15, -0.1) is 0 Å². The molecule has 5 heteroatoms. The first-order valence-corrected chi connectivity index (χ1v) is 7.43. The number of rotatable bonds is 7. The molecule has 2 aromatic carbocycles. The summed E-state index contributed by atoms with van der Waals surface area (Å²) in [4.78, 5) is 12.0. The van der Waals surface area contributed by atoms with Crippen molar-refractivity contribution >= 4 is 12.1 Å². The van der Waals surface area contributed by atoms with E-state index in [0.717, 1.165) is 23.5 Å². The number of hydrogen-bond acceptors (Lipinski definition) is 4. The molecule has 0 fully saturated rings. The van der Waals surface area contributed by atoms with Crippen LogP contribution in [-0.2, 0) is 0 Å². The number of hydrogen-bond donors (Lipinski definition) is 1. The Morgan fingerprint density at radius 2 is 1.96 bits per heavy atom. The Bertz CT molecular complexity index is 666. The molecule has 0 saturated carbocycles. The van der Waals surface area contributed by atoms with Gasteiger partial charge in [-0.05, 0) is 48.4 Å². The van der Waals surface area contributed by atoms with E-state index in [1.54, 1.807) is 37.6 Å². The summed E-state index contributed by atoms with van der Waals surface area (Å²) in [6.45, 7) is 2.71. The predicted octanol–water partition coefficient (Wildman–Crippen LogP) is 3.25. The third-order valence-corrected chi connectivity index (χ3v) is 3.06. The quantitative estimate of drug-likeness (QED) is 0.630. The molecule has 0 spiro atoms. The fourth-order valence-electron chi connectivity index (χ4n) is 1.87. The van der Waals surface area contributed by atoms with Crippen molar-refractivity contribution in [2.75, 3.05) is 13.7 Å². The van der Waals surface area contributed by atoms with Gasteiger partial charge in [-0.25, -0.2) is 5.43 Å². The van der Waals surface area contributed by atoms with Gasteiger partial charge < -0.3 is 9.47 Å². The van der Waals surface area contributed by atoms with E-state index >= 15 is 0 Å². The van der Waals surface area contributed by atoms with E-state index in [9.17, 15) is 4.79 Å². The smallest absolute Gasteiger partial charge is 0.271 e. The van der Waals surface area contributed by atoms with E-state index in [1.165, 1.54) is 0 Å². The number of hydrazone groups is 1. The standard InChI is InChI=1S/C18H20N2O3/c1-3-11-23-16-9-7-15(8-10-16)18(21)20-19-13-14-5-4-6-17(12-14)22-2/h4-10,12-13H,3,11H2,1-2H3,(H,20,21)/b19-13+. The Morgan fingerprint density at radius 1 is 1.17 bits per heavy atom. The molecule has 1 amide bonds. The summed E-state index contributed by atoms with van der Waals surface area (Å²) in [5.74, 6) is 1.22. The maximum Gasteiger partial charge on any atom is 0.271 e. The summed E-state index contributed by atoms with van der Waals surface area (Å²) < 4.78 is 10.6. The Balaban J connectivity index is 1.92. The minimum atomic E-state index is -0.272. The van der Waals surface area contributed by atoms with Crippen molar-refractivity contribution in [1.82, 2.24) is 5.43 Å². The second-order valence-corrected chi connectivity index (χ2v) is 4.85. The Hall–Kier alpha value is -2.82. The summed E-state index contributed by atoms with van der Waals surface area (Å²) >= 11 is 0. The lowest BCUT2D eigenvalue weighted by Gasteiger charge is -2.05. The fourth-order valence-corrected chi connectivity index (χ4v) is 1.87. The minimum absolute atomic E-state index is 0.272. The molecule has 0 aliphatic carbocycles. The summed E-state index contributed by atoms with van der Waals surface area (Å²) in [5, 5.41) is 3.95. The molecule has 5 nitrogen and oxygen atoms in total. The van der Waals surface area contributed by atoms with E-state index < -0.39 is 0 Å². The van der Waals surface area contributed by atoms with Gasteiger partial charge in [-0.2, -0.15) is 5.10 Å². The average Bonchev–Trinajstić information content (AvgIpc) is 2.60. The van der Waals surface area contributed by atoms with Crippen LogP contribution >= 0.6 is 0 Å². The van der Waals surface area contributed by atoms with Crippen molar-refractivity contribution < 1.29 is 14.3 Å². The normalized spacial score (nSPS) is 10.5. The summed E-state index contributed by atoms with van der Waals surface area (Å²) in [6.07, 6.45) is 2.51. The molecule has 2 aromatic rings. The van der Waals surface area contributed by atoms with Gasteiger partial charge in [0.05, 0.1) is 19.9 Å². The van der Waals surface area contributed by atoms with Gasteiger partial charge in [-0.1, -0.05) is 19.1 Å². The second kappa shape index (κ2) is 8.58. The number of methoxy groups -OCH3 is 1. The molecule has 0 heterocycles. The van der Waals surface area contributed by atoms with Crippen molar-refractivity contribution in [3.05, 3.63) is 59.7 Å². The molecule has 0 aliphatic rings. The molecule has 0 unspecified atom stereocenters. The molecular formula is C18H20N2O3. The van der Waals surface area contributed by atoms with E-state index in [-0.39, 0.29) is 5.91 Å². The molecule has 2 rings (SSSR count). The number of carbonyl (C=O) groups excluding carboxylic acids is 1. The number of nitrogens with one attached hydrogen (secondary N) is 1. The molecule has 120 valence electrons. The van der Waals surface area contributed by atoms with Crippen molar-refractivity contribution in [1.29, 1.82) is 0 Å². The zero-order valence-electron chi connectivity index (χ0n) is 13.3. The molecule has 23 heavy (non-hydrogen) atoms. The molecule has 0 atom stereocenters. The number of ether oxygens (including phenoxy) is 2. The highest BCUT2D eigenvalue weighted by Crippen LogP contribution is 2.13. The third kappa shape index (κ3) is 5.14. The number of amides is 1. The van der Waals surface area contributed by atoms with Gasteiger partial charge in [0.15, 0.2) is 0 Å². The van der Waals surface area contributed by atoms with Crippen LogP contribution < -0.4 is 14.9 Å². The van der Waals surface area contributed by atoms with Crippen LogP contribution in [0.2, 0.25) is 0 Å². The summed E-state index contributed by atoms with van der Waals surface area (Å²) in [7, 11) is 1.60. The lowest BCUT2D eigenvalue weighted by Crippen LogP contribution is -2.17. The van der Waals surface area contributed by atoms with E-state index in [0.29, 0.717) is 12.2 Å². The van der Waals surface area contributed by atoms with Gasteiger partial charge in [0.1, 0.15) is 11.5 Å². The molecule has 0 aliphatic heterocycles. The van der Waals surface area contributed by atoms with Crippen LogP contribution in [0.25, 0.3) is 0 Å². The first kappa shape index (κ1) is 16.5. The average molecular weight is 312 g/mol. The van der Waals surface area contributed by atoms with Crippen LogP contribution in [0.5, 0.6) is 11.5 Å². The number of nitrogens with zero attached hydrogens (tertiary/aromatic N) is 1. The summed E-state index contributed by atoms with van der Waals surface area (Å²) in [5.41, 5.74) is 3.86.